The summed E-state index contributed by atoms with van der Waals surface area (Å²) in [6.45, 7) is 8.56. The van der Waals surface area contributed by atoms with Gasteiger partial charge in [0.2, 0.25) is 0 Å². The SMILES string of the molecule is [C-]#[N+]c1cccc(C#N)c1C. The molecule has 0 aliphatic rings. The molecular formula is C9H6N2. The predicted molar refractivity (Wildman–Crippen MR) is 42.2 cm³/mol. The second-order valence-electron chi connectivity index (χ2n) is 2.17. The highest BCUT2D eigenvalue weighted by atomic mass is 14.6. The van der Waals surface area contributed by atoms with Crippen LogP contribution >= 0.6 is 0 Å². The minimum absolute atomic E-state index is 0.559. The van der Waals surface area contributed by atoms with Crippen LogP contribution in [-0.4, -0.2) is 0 Å². The molecular weight excluding hydrogens is 136 g/mol. The molecule has 52 valence electrons. The molecule has 11 heavy (non-hydrogen) atoms. The highest BCUT2D eigenvalue weighted by molar-refractivity contribution is 5.57. The first kappa shape index (κ1) is 7.31. The van der Waals surface area contributed by atoms with E-state index < -0.39 is 0 Å². The molecule has 1 aromatic rings. The van der Waals surface area contributed by atoms with Gasteiger partial charge >= 0.3 is 0 Å². The number of benzene rings is 1. The van der Waals surface area contributed by atoms with Crippen LogP contribution in [0.3, 0.4) is 0 Å². The summed E-state index contributed by atoms with van der Waals surface area (Å²) < 4.78 is 0. The van der Waals surface area contributed by atoms with Crippen LogP contribution in [0.25, 0.3) is 4.85 Å². The lowest BCUT2D eigenvalue weighted by atomic mass is 10.1. The van der Waals surface area contributed by atoms with Crippen LogP contribution in [-0.2, 0) is 0 Å². The Morgan fingerprint density at radius 1 is 1.55 bits per heavy atom. The molecule has 0 saturated heterocycles. The number of hydrogen-bond donors (Lipinski definition) is 0. The average Bonchev–Trinajstić information content (AvgIpc) is 2.05. The Balaban J connectivity index is 3.38. The highest BCUT2D eigenvalue weighted by Gasteiger charge is 2.00. The summed E-state index contributed by atoms with van der Waals surface area (Å²) in [6.07, 6.45) is 0. The van der Waals surface area contributed by atoms with Crippen molar-refractivity contribution >= 4 is 5.69 Å². The largest absolute Gasteiger partial charge is 0.238 e. The van der Waals surface area contributed by atoms with Gasteiger partial charge in [-0.05, 0) is 18.6 Å². The Hall–Kier alpha value is -1.80. The second-order valence-corrected chi connectivity index (χ2v) is 2.17. The second kappa shape index (κ2) is 2.86. The molecule has 1 rings (SSSR count). The van der Waals surface area contributed by atoms with E-state index in [0.717, 1.165) is 5.56 Å². The van der Waals surface area contributed by atoms with E-state index in [1.807, 2.05) is 6.07 Å². The fraction of sp³-hybridized carbons (Fsp3) is 0.111. The Kier molecular flexibility index (Phi) is 1.90. The first-order valence-corrected chi connectivity index (χ1v) is 3.16. The van der Waals surface area contributed by atoms with Crippen LogP contribution in [0.1, 0.15) is 11.1 Å². The van der Waals surface area contributed by atoms with Gasteiger partial charge < -0.3 is 0 Å². The molecule has 0 N–H and O–H groups in total. The number of hydrogen-bond acceptors (Lipinski definition) is 1. The van der Waals surface area contributed by atoms with Gasteiger partial charge in [-0.3, -0.25) is 0 Å². The molecule has 0 unspecified atom stereocenters. The maximum atomic E-state index is 8.59. The van der Waals surface area contributed by atoms with Gasteiger partial charge in [-0.2, -0.15) is 5.26 Å². The summed E-state index contributed by atoms with van der Waals surface area (Å²) in [7, 11) is 0. The molecule has 0 aliphatic carbocycles. The number of nitriles is 1. The Morgan fingerprint density at radius 2 is 2.27 bits per heavy atom. The van der Waals surface area contributed by atoms with E-state index in [4.69, 9.17) is 11.8 Å². The molecule has 0 spiro atoms. The summed E-state index contributed by atoms with van der Waals surface area (Å²) in [4.78, 5) is 3.28. The normalized spacial score (nSPS) is 8.27. The first-order valence-electron chi connectivity index (χ1n) is 3.16. The summed E-state index contributed by atoms with van der Waals surface area (Å²) in [5.74, 6) is 0. The molecule has 0 aliphatic heterocycles. The van der Waals surface area contributed by atoms with Crippen molar-refractivity contribution in [3.8, 4) is 6.07 Å². The lowest BCUT2D eigenvalue weighted by Crippen LogP contribution is -1.79. The van der Waals surface area contributed by atoms with E-state index >= 15 is 0 Å². The zero-order valence-corrected chi connectivity index (χ0v) is 6.13. The van der Waals surface area contributed by atoms with Gasteiger partial charge in [0.15, 0.2) is 5.69 Å². The first-order chi connectivity index (χ1) is 5.29. The van der Waals surface area contributed by atoms with Gasteiger partial charge in [0, 0.05) is 5.56 Å². The zero-order chi connectivity index (χ0) is 8.27. The minimum Gasteiger partial charge on any atom is -0.238 e. The van der Waals surface area contributed by atoms with E-state index in [0.29, 0.717) is 11.3 Å². The fourth-order valence-corrected chi connectivity index (χ4v) is 0.866. The monoisotopic (exact) mass is 142 g/mol. The van der Waals surface area contributed by atoms with Crippen LogP contribution in [0.5, 0.6) is 0 Å². The van der Waals surface area contributed by atoms with Crippen molar-refractivity contribution in [2.45, 2.75) is 6.92 Å². The van der Waals surface area contributed by atoms with Crippen LogP contribution in [0.4, 0.5) is 5.69 Å². The zero-order valence-electron chi connectivity index (χ0n) is 6.13. The molecule has 0 aromatic heterocycles. The molecule has 0 amide bonds. The lowest BCUT2D eigenvalue weighted by molar-refractivity contribution is 1.40. The van der Waals surface area contributed by atoms with Crippen LogP contribution in [0.15, 0.2) is 18.2 Å². The van der Waals surface area contributed by atoms with E-state index in [9.17, 15) is 0 Å². The molecule has 0 saturated carbocycles. The van der Waals surface area contributed by atoms with Crippen molar-refractivity contribution in [2.75, 3.05) is 0 Å². The third-order valence-electron chi connectivity index (χ3n) is 1.55. The summed E-state index contributed by atoms with van der Waals surface area (Å²) in [5, 5.41) is 8.59. The van der Waals surface area contributed by atoms with E-state index in [1.54, 1.807) is 25.1 Å². The van der Waals surface area contributed by atoms with Gasteiger partial charge in [0.1, 0.15) is 0 Å². The van der Waals surface area contributed by atoms with Gasteiger partial charge in [-0.15, -0.1) is 0 Å². The third kappa shape index (κ3) is 1.20. The molecule has 1 aromatic carbocycles. The Morgan fingerprint density at radius 3 is 2.82 bits per heavy atom. The van der Waals surface area contributed by atoms with Crippen molar-refractivity contribution in [1.29, 1.82) is 5.26 Å². The third-order valence-corrected chi connectivity index (χ3v) is 1.55. The van der Waals surface area contributed by atoms with Crippen molar-refractivity contribution in [2.24, 2.45) is 0 Å². The minimum atomic E-state index is 0.559. The smallest absolute Gasteiger partial charge is 0.191 e. The summed E-state index contributed by atoms with van der Waals surface area (Å²) >= 11 is 0. The average molecular weight is 142 g/mol. The van der Waals surface area contributed by atoms with Crippen molar-refractivity contribution < 1.29 is 0 Å². The maximum Gasteiger partial charge on any atom is 0.191 e. The molecule has 0 fully saturated rings. The lowest BCUT2D eigenvalue weighted by Gasteiger charge is -1.96. The summed E-state index contributed by atoms with van der Waals surface area (Å²) in [6, 6.07) is 7.17. The van der Waals surface area contributed by atoms with Gasteiger partial charge in [0.25, 0.3) is 0 Å². The van der Waals surface area contributed by atoms with Gasteiger partial charge in [-0.1, -0.05) is 12.1 Å². The Labute approximate surface area is 65.5 Å². The molecule has 0 atom stereocenters. The molecule has 0 radical (unpaired) electrons. The molecule has 0 bridgehead atoms. The van der Waals surface area contributed by atoms with E-state index in [-0.39, 0.29) is 0 Å². The Bertz CT molecular complexity index is 321. The van der Waals surface area contributed by atoms with Crippen molar-refractivity contribution in [3.05, 3.63) is 40.7 Å². The van der Waals surface area contributed by atoms with Crippen molar-refractivity contribution in [1.82, 2.24) is 0 Å². The predicted octanol–water partition coefficient (Wildman–Crippen LogP) is 2.42. The number of rotatable bonds is 0. The fourth-order valence-electron chi connectivity index (χ4n) is 0.866. The number of nitrogens with zero attached hydrogens (tertiary/aromatic N) is 2. The molecule has 2 nitrogen and oxygen atoms in total. The van der Waals surface area contributed by atoms with Crippen LogP contribution in [0.2, 0.25) is 0 Å². The molecule has 0 heterocycles. The van der Waals surface area contributed by atoms with Gasteiger partial charge in [-0.25, -0.2) is 4.85 Å². The quantitative estimate of drug-likeness (QED) is 0.511. The van der Waals surface area contributed by atoms with E-state index in [1.165, 1.54) is 0 Å². The highest BCUT2D eigenvalue weighted by Crippen LogP contribution is 2.20. The maximum absolute atomic E-state index is 8.59. The van der Waals surface area contributed by atoms with Crippen LogP contribution < -0.4 is 0 Å². The van der Waals surface area contributed by atoms with Crippen molar-refractivity contribution in [3.63, 3.8) is 0 Å². The summed E-state index contributed by atoms with van der Waals surface area (Å²) in [5.41, 5.74) is 1.91. The van der Waals surface area contributed by atoms with Crippen LogP contribution in [0, 0.1) is 24.8 Å². The topological polar surface area (TPSA) is 28.1 Å². The van der Waals surface area contributed by atoms with E-state index in [2.05, 4.69) is 4.85 Å². The standard InChI is InChI=1S/C9H6N2/c1-7-8(6-10)4-3-5-9(7)11-2/h3-5H,1H3. The van der Waals surface area contributed by atoms with Gasteiger partial charge in [0.05, 0.1) is 12.6 Å². The molecule has 2 heteroatoms.